The monoisotopic (exact) mass is 672 g/mol. The summed E-state index contributed by atoms with van der Waals surface area (Å²) in [4.78, 5) is 56.4. The molecule has 1 unspecified atom stereocenters. The third-order valence-corrected chi connectivity index (χ3v) is 11.0. The molecule has 2 aromatic carbocycles. The fraction of sp³-hybridized carbons (Fsp3) is 0.590. The first-order valence-corrected chi connectivity index (χ1v) is 18.3. The first kappa shape index (κ1) is 34.9. The highest BCUT2D eigenvalue weighted by Gasteiger charge is 2.40. The molecule has 4 amide bonds. The number of fused-ring (bicyclic) bond motifs is 6. The lowest BCUT2D eigenvalue weighted by Crippen LogP contribution is -2.55. The Labute approximate surface area is 290 Å². The molecule has 264 valence electrons. The van der Waals surface area contributed by atoms with Crippen LogP contribution in [0, 0.1) is 24.7 Å². The molecule has 10 nitrogen and oxygen atoms in total. The van der Waals surface area contributed by atoms with E-state index in [4.69, 9.17) is 9.47 Å². The van der Waals surface area contributed by atoms with Crippen LogP contribution in [0.3, 0.4) is 0 Å². The minimum atomic E-state index is -1.11. The zero-order chi connectivity index (χ0) is 34.2. The highest BCUT2D eigenvalue weighted by Crippen LogP contribution is 2.45. The minimum absolute atomic E-state index is 0.105. The Kier molecular flexibility index (Phi) is 11.9. The normalized spacial score (nSPS) is 27.8. The van der Waals surface area contributed by atoms with Gasteiger partial charge < -0.3 is 30.3 Å². The van der Waals surface area contributed by atoms with Crippen LogP contribution in [0.4, 0.5) is 0 Å². The SMILES string of the molecule is Cc1ccc2cc1CNC(=O)[C@H](CCc1ccccc1)NC(=O)[C@@H](NC(=O)CCO[C@H]1C[C@@H]3CC[C@H]1C3)CC(=O)N1CCCC(CCO2)C1. The molecule has 3 N–H and O–H groups in total. The molecule has 3 fully saturated rings. The number of amides is 4. The van der Waals surface area contributed by atoms with E-state index in [1.54, 1.807) is 0 Å². The average Bonchev–Trinajstić information content (AvgIpc) is 3.74. The summed E-state index contributed by atoms with van der Waals surface area (Å²) in [5.41, 5.74) is 3.01. The highest BCUT2D eigenvalue weighted by molar-refractivity contribution is 5.95. The lowest BCUT2D eigenvalue weighted by atomic mass is 9.94. The summed E-state index contributed by atoms with van der Waals surface area (Å²) in [5.74, 6) is 0.974. The number of carbonyl (C=O) groups is 4. The fourth-order valence-corrected chi connectivity index (χ4v) is 8.07. The molecule has 0 aromatic heterocycles. The van der Waals surface area contributed by atoms with Gasteiger partial charge >= 0.3 is 0 Å². The molecule has 6 rings (SSSR count). The van der Waals surface area contributed by atoms with Crippen LogP contribution < -0.4 is 20.7 Å². The number of carbonyl (C=O) groups excluding carboxylic acids is 4. The molecule has 0 spiro atoms. The van der Waals surface area contributed by atoms with Crippen molar-refractivity contribution in [3.63, 3.8) is 0 Å². The van der Waals surface area contributed by atoms with Crippen LogP contribution in [0.15, 0.2) is 48.5 Å². The third-order valence-electron chi connectivity index (χ3n) is 11.0. The second-order valence-corrected chi connectivity index (χ2v) is 14.5. The molecule has 2 heterocycles. The highest BCUT2D eigenvalue weighted by atomic mass is 16.5. The Morgan fingerprint density at radius 3 is 2.65 bits per heavy atom. The van der Waals surface area contributed by atoms with Crippen molar-refractivity contribution in [2.24, 2.45) is 17.8 Å². The van der Waals surface area contributed by atoms with Gasteiger partial charge in [0.2, 0.25) is 23.6 Å². The maximum atomic E-state index is 14.0. The van der Waals surface area contributed by atoms with Gasteiger partial charge in [0.1, 0.15) is 17.8 Å². The number of hydrogen-bond donors (Lipinski definition) is 3. The van der Waals surface area contributed by atoms with Crippen molar-refractivity contribution in [1.29, 1.82) is 0 Å². The largest absolute Gasteiger partial charge is 0.494 e. The summed E-state index contributed by atoms with van der Waals surface area (Å²) in [6.45, 7) is 4.27. The van der Waals surface area contributed by atoms with Gasteiger partial charge in [0.05, 0.1) is 25.7 Å². The van der Waals surface area contributed by atoms with Crippen LogP contribution in [0.25, 0.3) is 0 Å². The molecule has 1 saturated heterocycles. The van der Waals surface area contributed by atoms with Gasteiger partial charge in [-0.1, -0.05) is 36.4 Å². The molecule has 2 aliphatic heterocycles. The first-order valence-electron chi connectivity index (χ1n) is 18.3. The predicted molar refractivity (Wildman–Crippen MR) is 185 cm³/mol. The van der Waals surface area contributed by atoms with Crippen LogP contribution >= 0.6 is 0 Å². The average molecular weight is 673 g/mol. The standard InChI is InChI=1S/C39H52N4O6/c1-26-9-13-32-22-31(26)24-40-38(46)33(14-11-27-6-3-2-4-7-27)42-39(47)34(23-37(45)43-17-5-8-28(25-43)15-18-48-32)41-36(44)16-19-49-35-21-29-10-12-30(35)20-29/h2-4,6-7,9,13,22,28-30,33-35H,5,8,10-12,14-21,23-25H2,1H3,(H,40,46)(H,41,44)(H,42,47)/t28?,29-,30+,33+,34+,35+/m1/s1. The summed E-state index contributed by atoms with van der Waals surface area (Å²) >= 11 is 0. The van der Waals surface area contributed by atoms with Gasteiger partial charge in [0.25, 0.3) is 0 Å². The first-order chi connectivity index (χ1) is 23.8. The Bertz CT molecular complexity index is 1470. The van der Waals surface area contributed by atoms with Gasteiger partial charge in [0.15, 0.2) is 0 Å². The number of ether oxygens (including phenoxy) is 2. The Balaban J connectivity index is 1.18. The quantitative estimate of drug-likeness (QED) is 0.386. The molecule has 2 aromatic rings. The van der Waals surface area contributed by atoms with Gasteiger partial charge in [-0.25, -0.2) is 0 Å². The minimum Gasteiger partial charge on any atom is -0.494 e. The smallest absolute Gasteiger partial charge is 0.243 e. The Morgan fingerprint density at radius 2 is 1.86 bits per heavy atom. The van der Waals surface area contributed by atoms with E-state index in [1.165, 1.54) is 19.3 Å². The number of aryl methyl sites for hydroxylation is 2. The zero-order valence-corrected chi connectivity index (χ0v) is 28.8. The maximum Gasteiger partial charge on any atom is 0.243 e. The zero-order valence-electron chi connectivity index (χ0n) is 28.8. The van der Waals surface area contributed by atoms with E-state index < -0.39 is 18.0 Å². The van der Waals surface area contributed by atoms with Crippen molar-refractivity contribution in [3.8, 4) is 5.75 Å². The van der Waals surface area contributed by atoms with E-state index in [0.29, 0.717) is 38.5 Å². The molecule has 2 aliphatic carbocycles. The predicted octanol–water partition coefficient (Wildman–Crippen LogP) is 4.22. The second kappa shape index (κ2) is 16.7. The van der Waals surface area contributed by atoms with Gasteiger partial charge in [0, 0.05) is 26.1 Å². The van der Waals surface area contributed by atoms with Gasteiger partial charge in [-0.15, -0.1) is 0 Å². The lowest BCUT2D eigenvalue weighted by molar-refractivity contribution is -0.138. The van der Waals surface area contributed by atoms with E-state index in [0.717, 1.165) is 54.0 Å². The van der Waals surface area contributed by atoms with E-state index >= 15 is 0 Å². The van der Waals surface area contributed by atoms with Crippen LogP contribution in [-0.2, 0) is 36.9 Å². The van der Waals surface area contributed by atoms with Crippen molar-refractivity contribution in [3.05, 3.63) is 65.2 Å². The van der Waals surface area contributed by atoms with Gasteiger partial charge in [-0.2, -0.15) is 0 Å². The molecule has 2 saturated carbocycles. The van der Waals surface area contributed by atoms with Crippen LogP contribution in [-0.4, -0.2) is 73.0 Å². The van der Waals surface area contributed by atoms with Gasteiger partial charge in [-0.3, -0.25) is 19.2 Å². The summed E-state index contributed by atoms with van der Waals surface area (Å²) in [6.07, 6.45) is 8.48. The molecule has 10 heteroatoms. The van der Waals surface area contributed by atoms with E-state index in [9.17, 15) is 19.2 Å². The topological polar surface area (TPSA) is 126 Å². The molecule has 6 bridgehead atoms. The van der Waals surface area contributed by atoms with Crippen molar-refractivity contribution < 1.29 is 28.7 Å². The maximum absolute atomic E-state index is 14.0. The number of piperidine rings is 1. The molecular weight excluding hydrogens is 620 g/mol. The van der Waals surface area contributed by atoms with Crippen molar-refractivity contribution >= 4 is 23.6 Å². The number of benzene rings is 2. The molecule has 0 radical (unpaired) electrons. The number of nitrogens with zero attached hydrogens (tertiary/aromatic N) is 1. The summed E-state index contributed by atoms with van der Waals surface area (Å²) in [5, 5.41) is 8.78. The number of nitrogens with one attached hydrogen (secondary N) is 3. The lowest BCUT2D eigenvalue weighted by Gasteiger charge is -2.34. The van der Waals surface area contributed by atoms with Crippen molar-refractivity contribution in [2.75, 3.05) is 26.3 Å². The van der Waals surface area contributed by atoms with E-state index in [2.05, 4.69) is 16.0 Å². The third kappa shape index (κ3) is 9.62. The molecular formula is C39H52N4O6. The fourth-order valence-electron chi connectivity index (χ4n) is 8.07. The van der Waals surface area contributed by atoms with Crippen LogP contribution in [0.1, 0.15) is 80.9 Å². The summed E-state index contributed by atoms with van der Waals surface area (Å²) < 4.78 is 12.2. The van der Waals surface area contributed by atoms with E-state index in [1.807, 2.05) is 60.4 Å². The molecule has 4 aliphatic rings. The summed E-state index contributed by atoms with van der Waals surface area (Å²) in [6, 6.07) is 13.7. The Hall–Kier alpha value is -3.92. The number of rotatable bonds is 8. The Morgan fingerprint density at radius 1 is 1.00 bits per heavy atom. The van der Waals surface area contributed by atoms with Crippen molar-refractivity contribution in [1.82, 2.24) is 20.9 Å². The summed E-state index contributed by atoms with van der Waals surface area (Å²) in [7, 11) is 0. The van der Waals surface area contributed by atoms with Gasteiger partial charge in [-0.05, 0) is 111 Å². The van der Waals surface area contributed by atoms with E-state index in [-0.39, 0.29) is 55.7 Å². The van der Waals surface area contributed by atoms with Crippen molar-refractivity contribution in [2.45, 2.75) is 102 Å². The molecule has 49 heavy (non-hydrogen) atoms. The number of hydrogen-bond acceptors (Lipinski definition) is 6. The van der Waals surface area contributed by atoms with Crippen LogP contribution in [0.5, 0.6) is 5.75 Å². The van der Waals surface area contributed by atoms with Crippen LogP contribution in [0.2, 0.25) is 0 Å². The second-order valence-electron chi connectivity index (χ2n) is 14.5. The molecule has 6 atom stereocenters.